The average molecular weight is 296 g/mol. The van der Waals surface area contributed by atoms with E-state index in [1.165, 1.54) is 11.3 Å². The van der Waals surface area contributed by atoms with Gasteiger partial charge in [0.05, 0.1) is 17.6 Å². The van der Waals surface area contributed by atoms with Gasteiger partial charge in [0, 0.05) is 6.54 Å². The Morgan fingerprint density at radius 3 is 3.00 bits per heavy atom. The van der Waals surface area contributed by atoms with Gasteiger partial charge >= 0.3 is 5.97 Å². The van der Waals surface area contributed by atoms with E-state index < -0.39 is 11.4 Å². The Morgan fingerprint density at radius 2 is 2.35 bits per heavy atom. The van der Waals surface area contributed by atoms with Gasteiger partial charge in [0.2, 0.25) is 5.91 Å². The molecule has 0 radical (unpaired) electrons. The molecule has 6 heteroatoms. The minimum atomic E-state index is -0.422. The molecule has 2 rings (SSSR count). The molecule has 0 aromatic carbocycles. The summed E-state index contributed by atoms with van der Waals surface area (Å²) < 4.78 is 4.98. The van der Waals surface area contributed by atoms with E-state index in [1.807, 2.05) is 6.92 Å². The summed E-state index contributed by atoms with van der Waals surface area (Å²) in [4.78, 5) is 24.2. The van der Waals surface area contributed by atoms with Crippen LogP contribution in [-0.2, 0) is 9.53 Å². The quantitative estimate of drug-likeness (QED) is 0.836. The molecule has 1 atom stereocenters. The number of anilines is 1. The highest BCUT2D eigenvalue weighted by molar-refractivity contribution is 7.14. The summed E-state index contributed by atoms with van der Waals surface area (Å²) in [5, 5.41) is 8.47. The Kier molecular flexibility index (Phi) is 4.77. The summed E-state index contributed by atoms with van der Waals surface area (Å²) in [5.41, 5.74) is 0.00585. The third-order valence-electron chi connectivity index (χ3n) is 3.53. The minimum absolute atomic E-state index is 0.0438. The van der Waals surface area contributed by atoms with Gasteiger partial charge in [-0.1, -0.05) is 0 Å². The molecule has 1 amide bonds. The molecule has 20 heavy (non-hydrogen) atoms. The van der Waals surface area contributed by atoms with Crippen molar-refractivity contribution in [3.63, 3.8) is 0 Å². The van der Waals surface area contributed by atoms with Gasteiger partial charge in [-0.3, -0.25) is 4.79 Å². The van der Waals surface area contributed by atoms with Crippen molar-refractivity contribution >= 4 is 28.2 Å². The molecule has 5 nitrogen and oxygen atoms in total. The minimum Gasteiger partial charge on any atom is -0.462 e. The lowest BCUT2D eigenvalue weighted by Crippen LogP contribution is -2.46. The fourth-order valence-electron chi connectivity index (χ4n) is 2.28. The second-order valence-corrected chi connectivity index (χ2v) is 6.10. The molecule has 1 aromatic rings. The maximum atomic E-state index is 12.4. The standard InChI is InChI=1S/C14H20N2O3S/c1-3-19-12(17)10-5-8-20-11(10)16-13(18)14(2)6-4-7-15-9-14/h5,8,15H,3-4,6-7,9H2,1-2H3,(H,16,18). The van der Waals surface area contributed by atoms with Crippen LogP contribution in [0.2, 0.25) is 0 Å². The number of hydrogen-bond acceptors (Lipinski definition) is 5. The third-order valence-corrected chi connectivity index (χ3v) is 4.36. The summed E-state index contributed by atoms with van der Waals surface area (Å²) in [6.45, 7) is 5.65. The Hall–Kier alpha value is -1.40. The first kappa shape index (κ1) is 15.0. The zero-order valence-electron chi connectivity index (χ0n) is 11.8. The predicted octanol–water partition coefficient (Wildman–Crippen LogP) is 2.25. The van der Waals surface area contributed by atoms with Gasteiger partial charge in [-0.2, -0.15) is 0 Å². The molecular formula is C14H20N2O3S. The van der Waals surface area contributed by atoms with E-state index in [4.69, 9.17) is 4.74 Å². The molecule has 0 spiro atoms. The molecule has 110 valence electrons. The molecule has 2 heterocycles. The molecule has 1 aromatic heterocycles. The van der Waals surface area contributed by atoms with E-state index >= 15 is 0 Å². The van der Waals surface area contributed by atoms with E-state index in [-0.39, 0.29) is 5.91 Å². The van der Waals surface area contributed by atoms with Crippen LogP contribution in [0.5, 0.6) is 0 Å². The number of piperidine rings is 1. The number of amides is 1. The van der Waals surface area contributed by atoms with Crippen LogP contribution in [0, 0.1) is 5.41 Å². The molecule has 1 fully saturated rings. The number of thiophene rings is 1. The highest BCUT2D eigenvalue weighted by Crippen LogP contribution is 2.30. The molecule has 1 saturated heterocycles. The smallest absolute Gasteiger partial charge is 0.341 e. The first-order chi connectivity index (χ1) is 9.57. The normalized spacial score (nSPS) is 22.3. The first-order valence-corrected chi connectivity index (χ1v) is 7.71. The van der Waals surface area contributed by atoms with Crippen LogP contribution < -0.4 is 10.6 Å². The Bertz CT molecular complexity index is 492. The number of rotatable bonds is 4. The van der Waals surface area contributed by atoms with Crippen LogP contribution in [0.1, 0.15) is 37.0 Å². The SMILES string of the molecule is CCOC(=O)c1ccsc1NC(=O)C1(C)CCCNC1. The molecule has 2 N–H and O–H groups in total. The van der Waals surface area contributed by atoms with Gasteiger partial charge in [0.15, 0.2) is 0 Å². The summed E-state index contributed by atoms with van der Waals surface area (Å²) in [7, 11) is 0. The van der Waals surface area contributed by atoms with Crippen LogP contribution in [0.15, 0.2) is 11.4 Å². The van der Waals surface area contributed by atoms with E-state index in [2.05, 4.69) is 10.6 Å². The summed E-state index contributed by atoms with van der Waals surface area (Å²) >= 11 is 1.34. The van der Waals surface area contributed by atoms with Crippen molar-refractivity contribution in [1.82, 2.24) is 5.32 Å². The van der Waals surface area contributed by atoms with Crippen LogP contribution in [0.4, 0.5) is 5.00 Å². The maximum absolute atomic E-state index is 12.4. The summed E-state index contributed by atoms with van der Waals surface area (Å²) in [5.74, 6) is -0.436. The Balaban J connectivity index is 2.08. The monoisotopic (exact) mass is 296 g/mol. The van der Waals surface area contributed by atoms with Gasteiger partial charge in [-0.15, -0.1) is 11.3 Å². The molecular weight excluding hydrogens is 276 g/mol. The second-order valence-electron chi connectivity index (χ2n) is 5.18. The van der Waals surface area contributed by atoms with Crippen LogP contribution in [0.25, 0.3) is 0 Å². The fourth-order valence-corrected chi connectivity index (χ4v) is 3.05. The Morgan fingerprint density at radius 1 is 1.55 bits per heavy atom. The van der Waals surface area contributed by atoms with E-state index in [9.17, 15) is 9.59 Å². The molecule has 0 aliphatic carbocycles. The number of nitrogens with one attached hydrogen (secondary N) is 2. The highest BCUT2D eigenvalue weighted by Gasteiger charge is 2.35. The Labute approximate surface area is 122 Å². The van der Waals surface area contributed by atoms with Crippen LogP contribution >= 0.6 is 11.3 Å². The molecule has 1 aliphatic rings. The van der Waals surface area contributed by atoms with Crippen molar-refractivity contribution in [3.05, 3.63) is 17.0 Å². The van der Waals surface area contributed by atoms with E-state index in [0.29, 0.717) is 23.7 Å². The maximum Gasteiger partial charge on any atom is 0.341 e. The number of hydrogen-bond donors (Lipinski definition) is 2. The first-order valence-electron chi connectivity index (χ1n) is 6.83. The lowest BCUT2D eigenvalue weighted by molar-refractivity contribution is -0.125. The highest BCUT2D eigenvalue weighted by atomic mass is 32.1. The molecule has 1 aliphatic heterocycles. The average Bonchev–Trinajstić information content (AvgIpc) is 2.88. The predicted molar refractivity (Wildman–Crippen MR) is 79.1 cm³/mol. The van der Waals surface area contributed by atoms with Gasteiger partial charge < -0.3 is 15.4 Å². The second kappa shape index (κ2) is 6.37. The van der Waals surface area contributed by atoms with Gasteiger partial charge in [0.25, 0.3) is 0 Å². The van der Waals surface area contributed by atoms with Crippen molar-refractivity contribution in [2.45, 2.75) is 26.7 Å². The number of carbonyl (C=O) groups is 2. The molecule has 0 saturated carbocycles. The topological polar surface area (TPSA) is 67.4 Å². The van der Waals surface area contributed by atoms with Crippen LogP contribution in [0.3, 0.4) is 0 Å². The molecule has 0 bridgehead atoms. The number of carbonyl (C=O) groups excluding carboxylic acids is 2. The van der Waals surface area contributed by atoms with Crippen molar-refractivity contribution in [1.29, 1.82) is 0 Å². The van der Waals surface area contributed by atoms with Crippen molar-refractivity contribution < 1.29 is 14.3 Å². The van der Waals surface area contributed by atoms with Gasteiger partial charge in [-0.25, -0.2) is 4.79 Å². The van der Waals surface area contributed by atoms with E-state index in [0.717, 1.165) is 19.4 Å². The summed E-state index contributed by atoms with van der Waals surface area (Å²) in [6.07, 6.45) is 1.84. The van der Waals surface area contributed by atoms with Crippen molar-refractivity contribution in [2.75, 3.05) is 25.0 Å². The zero-order valence-corrected chi connectivity index (χ0v) is 12.6. The largest absolute Gasteiger partial charge is 0.462 e. The van der Waals surface area contributed by atoms with Crippen LogP contribution in [-0.4, -0.2) is 31.6 Å². The van der Waals surface area contributed by atoms with E-state index in [1.54, 1.807) is 18.4 Å². The summed E-state index contributed by atoms with van der Waals surface area (Å²) in [6, 6.07) is 1.68. The molecule has 1 unspecified atom stereocenters. The lowest BCUT2D eigenvalue weighted by Gasteiger charge is -2.32. The van der Waals surface area contributed by atoms with Gasteiger partial charge in [0.1, 0.15) is 5.00 Å². The van der Waals surface area contributed by atoms with Crippen molar-refractivity contribution in [3.8, 4) is 0 Å². The fraction of sp³-hybridized carbons (Fsp3) is 0.571. The third kappa shape index (κ3) is 3.19. The van der Waals surface area contributed by atoms with Gasteiger partial charge in [-0.05, 0) is 44.7 Å². The van der Waals surface area contributed by atoms with Crippen molar-refractivity contribution in [2.24, 2.45) is 5.41 Å². The number of esters is 1. The number of ether oxygens (including phenoxy) is 1. The lowest BCUT2D eigenvalue weighted by atomic mass is 9.82. The zero-order chi connectivity index (χ0) is 14.6.